The molecular formula is C15H19FN4OS. The summed E-state index contributed by atoms with van der Waals surface area (Å²) in [4.78, 5) is 16.5. The number of hydrogen-bond donors (Lipinski definition) is 3. The van der Waals surface area contributed by atoms with Gasteiger partial charge in [0, 0.05) is 17.8 Å². The van der Waals surface area contributed by atoms with Crippen LogP contribution in [0.25, 0.3) is 0 Å². The predicted octanol–water partition coefficient (Wildman–Crippen LogP) is 2.86. The first kappa shape index (κ1) is 16.4. The Morgan fingerprint density at radius 2 is 2.18 bits per heavy atom. The first-order chi connectivity index (χ1) is 10.5. The van der Waals surface area contributed by atoms with Gasteiger partial charge in [0.1, 0.15) is 11.5 Å². The van der Waals surface area contributed by atoms with E-state index >= 15 is 0 Å². The van der Waals surface area contributed by atoms with Crippen molar-refractivity contribution in [1.29, 1.82) is 0 Å². The van der Waals surface area contributed by atoms with E-state index in [2.05, 4.69) is 15.6 Å². The van der Waals surface area contributed by atoms with E-state index in [1.54, 1.807) is 11.4 Å². The Bertz CT molecular complexity index is 657. The Morgan fingerprint density at radius 3 is 2.86 bits per heavy atom. The van der Waals surface area contributed by atoms with Gasteiger partial charge in [-0.2, -0.15) is 0 Å². The zero-order valence-electron chi connectivity index (χ0n) is 12.5. The minimum Gasteiger partial charge on any atom is -0.381 e. The second kappa shape index (κ2) is 7.33. The zero-order chi connectivity index (χ0) is 16.1. The number of nitrogens with zero attached hydrogens (tertiary/aromatic N) is 1. The molecule has 0 aliphatic heterocycles. The minimum absolute atomic E-state index is 0.163. The molecule has 1 heterocycles. The molecule has 0 fully saturated rings. The standard InChI is InChI=1S/C15H19FN4OS/c1-9(2)18-11-4-3-10(16)7-12(11)20-15(21)13-8-22-14(19-13)5-6-17/h3-4,7-9,18H,5-6,17H2,1-2H3,(H,20,21). The van der Waals surface area contributed by atoms with Crippen LogP contribution >= 0.6 is 11.3 Å². The molecule has 0 spiro atoms. The first-order valence-corrected chi connectivity index (χ1v) is 7.89. The highest BCUT2D eigenvalue weighted by Crippen LogP contribution is 2.24. The monoisotopic (exact) mass is 322 g/mol. The number of hydrogen-bond acceptors (Lipinski definition) is 5. The van der Waals surface area contributed by atoms with E-state index in [9.17, 15) is 9.18 Å². The Hall–Kier alpha value is -1.99. The van der Waals surface area contributed by atoms with E-state index < -0.39 is 5.82 Å². The van der Waals surface area contributed by atoms with E-state index in [1.165, 1.54) is 23.5 Å². The molecule has 0 saturated heterocycles. The number of benzene rings is 1. The van der Waals surface area contributed by atoms with Crippen LogP contribution in [0.2, 0.25) is 0 Å². The van der Waals surface area contributed by atoms with Crippen molar-refractivity contribution in [3.8, 4) is 0 Å². The van der Waals surface area contributed by atoms with Crippen molar-refractivity contribution in [2.45, 2.75) is 26.3 Å². The number of nitrogens with two attached hydrogens (primary N) is 1. The summed E-state index contributed by atoms with van der Waals surface area (Å²) in [6, 6.07) is 4.40. The van der Waals surface area contributed by atoms with Crippen molar-refractivity contribution in [2.24, 2.45) is 5.73 Å². The third kappa shape index (κ3) is 4.25. The fourth-order valence-corrected chi connectivity index (χ4v) is 2.69. The van der Waals surface area contributed by atoms with Crippen molar-refractivity contribution < 1.29 is 9.18 Å². The van der Waals surface area contributed by atoms with Gasteiger partial charge in [-0.05, 0) is 38.6 Å². The minimum atomic E-state index is -0.410. The summed E-state index contributed by atoms with van der Waals surface area (Å²) in [5.41, 5.74) is 6.85. The number of halogens is 1. The van der Waals surface area contributed by atoms with Crippen molar-refractivity contribution >= 4 is 28.6 Å². The fourth-order valence-electron chi connectivity index (χ4n) is 1.90. The number of aromatic nitrogens is 1. The number of thiazole rings is 1. The smallest absolute Gasteiger partial charge is 0.275 e. The summed E-state index contributed by atoms with van der Waals surface area (Å²) in [5, 5.41) is 8.36. The summed E-state index contributed by atoms with van der Waals surface area (Å²) in [7, 11) is 0. The lowest BCUT2D eigenvalue weighted by Crippen LogP contribution is -2.17. The van der Waals surface area contributed by atoms with Gasteiger partial charge in [0.25, 0.3) is 5.91 Å². The molecule has 2 aromatic rings. The van der Waals surface area contributed by atoms with Crippen LogP contribution in [-0.4, -0.2) is 23.5 Å². The Morgan fingerprint density at radius 1 is 1.41 bits per heavy atom. The van der Waals surface area contributed by atoms with Crippen LogP contribution in [-0.2, 0) is 6.42 Å². The second-order valence-corrected chi connectivity index (χ2v) is 6.05. The maximum absolute atomic E-state index is 13.4. The lowest BCUT2D eigenvalue weighted by atomic mass is 10.2. The molecule has 0 atom stereocenters. The molecule has 0 unspecified atom stereocenters. The van der Waals surface area contributed by atoms with E-state index in [0.29, 0.717) is 30.0 Å². The molecule has 22 heavy (non-hydrogen) atoms. The molecule has 0 saturated carbocycles. The number of amides is 1. The highest BCUT2D eigenvalue weighted by atomic mass is 32.1. The van der Waals surface area contributed by atoms with Gasteiger partial charge in [0.05, 0.1) is 16.4 Å². The van der Waals surface area contributed by atoms with Crippen molar-refractivity contribution in [3.05, 3.63) is 40.1 Å². The third-order valence-electron chi connectivity index (χ3n) is 2.82. The number of nitrogens with one attached hydrogen (secondary N) is 2. The van der Waals surface area contributed by atoms with E-state index in [4.69, 9.17) is 5.73 Å². The quantitative estimate of drug-likeness (QED) is 0.764. The topological polar surface area (TPSA) is 80.0 Å². The lowest BCUT2D eigenvalue weighted by Gasteiger charge is -2.15. The average molecular weight is 322 g/mol. The van der Waals surface area contributed by atoms with Gasteiger partial charge in [0.15, 0.2) is 0 Å². The van der Waals surface area contributed by atoms with E-state index in [0.717, 1.165) is 5.01 Å². The maximum Gasteiger partial charge on any atom is 0.275 e. The molecule has 7 heteroatoms. The third-order valence-corrected chi connectivity index (χ3v) is 3.73. The first-order valence-electron chi connectivity index (χ1n) is 7.01. The predicted molar refractivity (Wildman–Crippen MR) is 88.0 cm³/mol. The summed E-state index contributed by atoms with van der Waals surface area (Å²) < 4.78 is 13.4. The van der Waals surface area contributed by atoms with Crippen LogP contribution < -0.4 is 16.4 Å². The van der Waals surface area contributed by atoms with Gasteiger partial charge in [-0.3, -0.25) is 4.79 Å². The summed E-state index contributed by atoms with van der Waals surface area (Å²) in [6.45, 7) is 4.42. The molecular weight excluding hydrogens is 303 g/mol. The zero-order valence-corrected chi connectivity index (χ0v) is 13.3. The van der Waals surface area contributed by atoms with Crippen LogP contribution in [0.4, 0.5) is 15.8 Å². The van der Waals surface area contributed by atoms with E-state index in [-0.39, 0.29) is 11.9 Å². The van der Waals surface area contributed by atoms with Gasteiger partial charge in [0.2, 0.25) is 0 Å². The number of carbonyl (C=O) groups is 1. The molecule has 5 nitrogen and oxygen atoms in total. The molecule has 0 bridgehead atoms. The second-order valence-electron chi connectivity index (χ2n) is 5.11. The number of rotatable bonds is 6. The highest BCUT2D eigenvalue weighted by molar-refractivity contribution is 7.09. The van der Waals surface area contributed by atoms with Gasteiger partial charge in [-0.25, -0.2) is 9.37 Å². The number of anilines is 2. The molecule has 2 rings (SSSR count). The highest BCUT2D eigenvalue weighted by Gasteiger charge is 2.14. The molecule has 0 aliphatic carbocycles. The average Bonchev–Trinajstić information content (AvgIpc) is 2.90. The Kier molecular flexibility index (Phi) is 5.46. The molecule has 0 radical (unpaired) electrons. The maximum atomic E-state index is 13.4. The summed E-state index contributed by atoms with van der Waals surface area (Å²) in [6.07, 6.45) is 0.637. The lowest BCUT2D eigenvalue weighted by molar-refractivity contribution is 0.102. The van der Waals surface area contributed by atoms with Gasteiger partial charge in [-0.1, -0.05) is 0 Å². The van der Waals surface area contributed by atoms with Crippen molar-refractivity contribution in [3.63, 3.8) is 0 Å². The van der Waals surface area contributed by atoms with Crippen LogP contribution in [0.15, 0.2) is 23.6 Å². The van der Waals surface area contributed by atoms with Gasteiger partial charge < -0.3 is 16.4 Å². The van der Waals surface area contributed by atoms with Crippen LogP contribution in [0, 0.1) is 5.82 Å². The molecule has 1 aromatic carbocycles. The molecule has 1 amide bonds. The Labute approximate surface area is 132 Å². The van der Waals surface area contributed by atoms with Gasteiger partial charge >= 0.3 is 0 Å². The number of carbonyl (C=O) groups excluding carboxylic acids is 1. The fraction of sp³-hybridized carbons (Fsp3) is 0.333. The summed E-state index contributed by atoms with van der Waals surface area (Å²) in [5.74, 6) is -0.774. The molecule has 4 N–H and O–H groups in total. The van der Waals surface area contributed by atoms with Gasteiger partial charge in [-0.15, -0.1) is 11.3 Å². The van der Waals surface area contributed by atoms with E-state index in [1.807, 2.05) is 13.8 Å². The molecule has 0 aliphatic rings. The molecule has 1 aromatic heterocycles. The van der Waals surface area contributed by atoms with Crippen LogP contribution in [0.1, 0.15) is 29.3 Å². The Balaban J connectivity index is 2.17. The molecule has 118 valence electrons. The van der Waals surface area contributed by atoms with Crippen molar-refractivity contribution in [1.82, 2.24) is 4.98 Å². The van der Waals surface area contributed by atoms with Crippen LogP contribution in [0.3, 0.4) is 0 Å². The largest absolute Gasteiger partial charge is 0.381 e. The SMILES string of the molecule is CC(C)Nc1ccc(F)cc1NC(=O)c1csc(CCN)n1. The summed E-state index contributed by atoms with van der Waals surface area (Å²) >= 11 is 1.39. The van der Waals surface area contributed by atoms with Crippen molar-refractivity contribution in [2.75, 3.05) is 17.2 Å². The van der Waals surface area contributed by atoms with Crippen LogP contribution in [0.5, 0.6) is 0 Å². The normalized spacial score (nSPS) is 10.8.